The van der Waals surface area contributed by atoms with Crippen LogP contribution in [0, 0.1) is 19.8 Å². The molecule has 1 aromatic rings. The third-order valence-corrected chi connectivity index (χ3v) is 4.54. The average molecular weight is 320 g/mol. The summed E-state index contributed by atoms with van der Waals surface area (Å²) in [6.07, 6.45) is 1.83. The Morgan fingerprint density at radius 1 is 1.26 bits per heavy atom. The van der Waals surface area contributed by atoms with Crippen LogP contribution in [0.3, 0.4) is 0 Å². The van der Waals surface area contributed by atoms with Crippen molar-refractivity contribution in [1.29, 1.82) is 0 Å². The number of ether oxygens (including phenoxy) is 1. The van der Waals surface area contributed by atoms with Gasteiger partial charge in [0.2, 0.25) is 5.91 Å². The summed E-state index contributed by atoms with van der Waals surface area (Å²) in [7, 11) is 3.05. The number of likely N-dealkylation sites (N-methyl/N-ethyl adjacent to an activating group) is 1. The van der Waals surface area contributed by atoms with Crippen LogP contribution in [0.25, 0.3) is 0 Å². The molecular weight excluding hydrogens is 296 g/mol. The molecule has 1 amide bonds. The van der Waals surface area contributed by atoms with Crippen molar-refractivity contribution in [2.45, 2.75) is 33.6 Å². The van der Waals surface area contributed by atoms with E-state index in [2.05, 4.69) is 0 Å². The van der Waals surface area contributed by atoms with E-state index in [9.17, 15) is 14.4 Å². The maximum Gasteiger partial charge on any atom is 0.354 e. The van der Waals surface area contributed by atoms with Gasteiger partial charge in [0.05, 0.1) is 13.7 Å². The number of hydrogen-bond donors (Lipinski definition) is 0. The number of amides is 1. The molecule has 0 aliphatic heterocycles. The SMILES string of the molecule is CCN(CC(=O)c1c(C)c(C(=O)OC)n(C)c1C)C(=O)C1CC1. The van der Waals surface area contributed by atoms with Crippen LogP contribution >= 0.6 is 0 Å². The van der Waals surface area contributed by atoms with Crippen LogP contribution in [0.1, 0.15) is 51.9 Å². The van der Waals surface area contributed by atoms with Gasteiger partial charge in [-0.05, 0) is 39.2 Å². The minimum Gasteiger partial charge on any atom is -0.464 e. The maximum atomic E-state index is 12.7. The topological polar surface area (TPSA) is 68.6 Å². The highest BCUT2D eigenvalue weighted by Crippen LogP contribution is 2.31. The van der Waals surface area contributed by atoms with E-state index in [4.69, 9.17) is 4.74 Å². The van der Waals surface area contributed by atoms with E-state index in [0.29, 0.717) is 29.1 Å². The van der Waals surface area contributed by atoms with Crippen LogP contribution in [-0.4, -0.2) is 47.3 Å². The highest BCUT2D eigenvalue weighted by molar-refractivity contribution is 6.04. The fourth-order valence-electron chi connectivity index (χ4n) is 2.96. The Hall–Kier alpha value is -2.11. The van der Waals surface area contributed by atoms with E-state index in [1.165, 1.54) is 7.11 Å². The fraction of sp³-hybridized carbons (Fsp3) is 0.588. The summed E-state index contributed by atoms with van der Waals surface area (Å²) in [6.45, 7) is 5.98. The molecule has 23 heavy (non-hydrogen) atoms. The molecule has 1 aliphatic rings. The molecule has 126 valence electrons. The highest BCUT2D eigenvalue weighted by atomic mass is 16.5. The molecule has 1 aromatic heterocycles. The van der Waals surface area contributed by atoms with Crippen molar-refractivity contribution in [3.05, 3.63) is 22.5 Å². The molecular formula is C17H24N2O4. The van der Waals surface area contributed by atoms with Crippen molar-refractivity contribution in [3.8, 4) is 0 Å². The summed E-state index contributed by atoms with van der Waals surface area (Å²) >= 11 is 0. The second-order valence-electron chi connectivity index (χ2n) is 6.03. The van der Waals surface area contributed by atoms with Crippen molar-refractivity contribution in [2.75, 3.05) is 20.2 Å². The van der Waals surface area contributed by atoms with Gasteiger partial charge in [0.25, 0.3) is 0 Å². The molecule has 0 radical (unpaired) electrons. The Morgan fingerprint density at radius 3 is 2.35 bits per heavy atom. The van der Waals surface area contributed by atoms with Gasteiger partial charge in [0, 0.05) is 30.8 Å². The number of carbonyl (C=O) groups is 3. The largest absolute Gasteiger partial charge is 0.464 e. The van der Waals surface area contributed by atoms with Crippen molar-refractivity contribution in [3.63, 3.8) is 0 Å². The quantitative estimate of drug-likeness (QED) is 0.593. The predicted molar refractivity (Wildman–Crippen MR) is 85.5 cm³/mol. The average Bonchev–Trinajstić information content (AvgIpc) is 3.33. The molecule has 0 atom stereocenters. The molecule has 0 aromatic carbocycles. The zero-order valence-corrected chi connectivity index (χ0v) is 14.4. The Balaban J connectivity index is 2.28. The van der Waals surface area contributed by atoms with E-state index < -0.39 is 5.97 Å². The van der Waals surface area contributed by atoms with E-state index in [-0.39, 0.29) is 24.2 Å². The zero-order chi connectivity index (χ0) is 17.3. The molecule has 1 aliphatic carbocycles. The minimum atomic E-state index is -0.464. The molecule has 0 unspecified atom stereocenters. The molecule has 0 N–H and O–H groups in total. The van der Waals surface area contributed by atoms with Crippen molar-refractivity contribution in [2.24, 2.45) is 13.0 Å². The molecule has 1 fully saturated rings. The lowest BCUT2D eigenvalue weighted by atomic mass is 10.0. The Kier molecular flexibility index (Phi) is 4.92. The summed E-state index contributed by atoms with van der Waals surface area (Å²) in [6, 6.07) is 0. The lowest BCUT2D eigenvalue weighted by Gasteiger charge is -2.20. The standard InChI is InChI=1S/C17H24N2O4/c1-6-19(16(21)12-7-8-12)9-13(20)14-10(2)15(17(22)23-5)18(4)11(14)3/h12H,6-9H2,1-5H3. The predicted octanol–water partition coefficient (Wildman–Crippen LogP) is 1.87. The molecule has 6 heteroatoms. The fourth-order valence-corrected chi connectivity index (χ4v) is 2.96. The Morgan fingerprint density at radius 2 is 1.87 bits per heavy atom. The van der Waals surface area contributed by atoms with Gasteiger partial charge in [-0.2, -0.15) is 0 Å². The smallest absolute Gasteiger partial charge is 0.354 e. The van der Waals surface area contributed by atoms with Crippen LogP contribution in [-0.2, 0) is 16.6 Å². The molecule has 0 bridgehead atoms. The highest BCUT2D eigenvalue weighted by Gasteiger charge is 2.34. The monoisotopic (exact) mass is 320 g/mol. The lowest BCUT2D eigenvalue weighted by molar-refractivity contribution is -0.131. The molecule has 0 spiro atoms. The number of methoxy groups -OCH3 is 1. The number of rotatable bonds is 6. The second kappa shape index (κ2) is 6.56. The number of esters is 1. The van der Waals surface area contributed by atoms with E-state index in [0.717, 1.165) is 12.8 Å². The van der Waals surface area contributed by atoms with Crippen LogP contribution < -0.4 is 0 Å². The minimum absolute atomic E-state index is 0.0537. The van der Waals surface area contributed by atoms with E-state index in [1.54, 1.807) is 30.4 Å². The summed E-state index contributed by atoms with van der Waals surface area (Å²) < 4.78 is 6.46. The third-order valence-electron chi connectivity index (χ3n) is 4.54. The van der Waals surface area contributed by atoms with Gasteiger partial charge in [-0.25, -0.2) is 4.79 Å². The number of Topliss-reactive ketones (excluding diaryl/α,β-unsaturated/α-hetero) is 1. The molecule has 2 rings (SSSR count). The summed E-state index contributed by atoms with van der Waals surface area (Å²) in [4.78, 5) is 38.4. The van der Waals surface area contributed by atoms with Gasteiger partial charge in [-0.3, -0.25) is 9.59 Å². The molecule has 1 saturated carbocycles. The number of aromatic nitrogens is 1. The first-order valence-corrected chi connectivity index (χ1v) is 7.89. The summed E-state index contributed by atoms with van der Waals surface area (Å²) in [5.41, 5.74) is 2.21. The Bertz CT molecular complexity index is 656. The molecule has 1 heterocycles. The van der Waals surface area contributed by atoms with Gasteiger partial charge in [0.1, 0.15) is 5.69 Å². The van der Waals surface area contributed by atoms with Crippen LogP contribution in [0.4, 0.5) is 0 Å². The first kappa shape index (κ1) is 17.2. The summed E-state index contributed by atoms with van der Waals surface area (Å²) in [5, 5.41) is 0. The lowest BCUT2D eigenvalue weighted by Crippen LogP contribution is -2.36. The van der Waals surface area contributed by atoms with Crippen molar-refractivity contribution in [1.82, 2.24) is 9.47 Å². The first-order chi connectivity index (χ1) is 10.8. The zero-order valence-electron chi connectivity index (χ0n) is 14.4. The first-order valence-electron chi connectivity index (χ1n) is 7.89. The number of nitrogens with zero attached hydrogens (tertiary/aromatic N) is 2. The van der Waals surface area contributed by atoms with Gasteiger partial charge < -0.3 is 14.2 Å². The van der Waals surface area contributed by atoms with Gasteiger partial charge in [-0.15, -0.1) is 0 Å². The van der Waals surface area contributed by atoms with Crippen molar-refractivity contribution < 1.29 is 19.1 Å². The van der Waals surface area contributed by atoms with Gasteiger partial charge in [0.15, 0.2) is 5.78 Å². The van der Waals surface area contributed by atoms with Gasteiger partial charge >= 0.3 is 5.97 Å². The van der Waals surface area contributed by atoms with Crippen molar-refractivity contribution >= 4 is 17.7 Å². The maximum absolute atomic E-state index is 12.7. The van der Waals surface area contributed by atoms with Gasteiger partial charge in [-0.1, -0.05) is 0 Å². The molecule has 6 nitrogen and oxygen atoms in total. The van der Waals surface area contributed by atoms with Crippen LogP contribution in [0.5, 0.6) is 0 Å². The normalized spacial score (nSPS) is 13.8. The Labute approximate surface area is 136 Å². The van der Waals surface area contributed by atoms with E-state index in [1.807, 2.05) is 6.92 Å². The number of ketones is 1. The van der Waals surface area contributed by atoms with E-state index >= 15 is 0 Å². The van der Waals surface area contributed by atoms with Crippen LogP contribution in [0.15, 0.2) is 0 Å². The van der Waals surface area contributed by atoms with Crippen LogP contribution in [0.2, 0.25) is 0 Å². The second-order valence-corrected chi connectivity index (χ2v) is 6.03. The third kappa shape index (κ3) is 3.16. The molecule has 0 saturated heterocycles. The number of hydrogen-bond acceptors (Lipinski definition) is 4. The summed E-state index contributed by atoms with van der Waals surface area (Å²) in [5.74, 6) is -0.457. The number of carbonyl (C=O) groups excluding carboxylic acids is 3.